The van der Waals surface area contributed by atoms with Crippen LogP contribution in [0.25, 0.3) is 10.4 Å². The zero-order valence-electron chi connectivity index (χ0n) is 11.0. The van der Waals surface area contributed by atoms with Crippen molar-refractivity contribution < 1.29 is 14.5 Å². The largest absolute Gasteiger partial charge is 0.487 e. The summed E-state index contributed by atoms with van der Waals surface area (Å²) < 4.78 is 5.14. The predicted molar refractivity (Wildman–Crippen MR) is 71.8 cm³/mol. The number of nitro groups is 1. The highest BCUT2D eigenvalue weighted by Gasteiger charge is 2.18. The predicted octanol–water partition coefficient (Wildman–Crippen LogP) is 3.27. The Kier molecular flexibility index (Phi) is 5.99. The van der Waals surface area contributed by atoms with E-state index in [1.165, 1.54) is 18.2 Å². The Hall–Kier alpha value is -2.60. The molecular formula is C12H14N4O4. The van der Waals surface area contributed by atoms with Crippen LogP contribution in [0.4, 0.5) is 5.69 Å². The first-order valence-electron chi connectivity index (χ1n) is 6.05. The smallest absolute Gasteiger partial charge is 0.311 e. The van der Waals surface area contributed by atoms with E-state index in [-0.39, 0.29) is 35.7 Å². The van der Waals surface area contributed by atoms with Crippen LogP contribution in [0.2, 0.25) is 0 Å². The second-order valence-electron chi connectivity index (χ2n) is 3.85. The summed E-state index contributed by atoms with van der Waals surface area (Å²) in [6, 6.07) is 4.12. The summed E-state index contributed by atoms with van der Waals surface area (Å²) in [5, 5.41) is 14.3. The van der Waals surface area contributed by atoms with E-state index in [1.54, 1.807) is 6.92 Å². The number of rotatable bonds is 8. The van der Waals surface area contributed by atoms with E-state index in [2.05, 4.69) is 10.0 Å². The van der Waals surface area contributed by atoms with E-state index >= 15 is 0 Å². The fourth-order valence-corrected chi connectivity index (χ4v) is 1.61. The first kappa shape index (κ1) is 15.5. The summed E-state index contributed by atoms with van der Waals surface area (Å²) in [6.45, 7) is 2.25. The first-order chi connectivity index (χ1) is 9.60. The number of Topliss-reactive ketones (excluding diaryl/α,β-unsaturated/α-hetero) is 1. The Labute approximate surface area is 115 Å². The Bertz CT molecular complexity index is 552. The molecule has 0 N–H and O–H groups in total. The van der Waals surface area contributed by atoms with Crippen molar-refractivity contribution in [1.29, 1.82) is 0 Å². The Morgan fingerprint density at radius 2 is 2.30 bits per heavy atom. The number of nitrogens with zero attached hydrogens (tertiary/aromatic N) is 4. The number of carbonyl (C=O) groups excluding carboxylic acids is 1. The second-order valence-corrected chi connectivity index (χ2v) is 3.85. The van der Waals surface area contributed by atoms with Gasteiger partial charge in [0.1, 0.15) is 0 Å². The third kappa shape index (κ3) is 4.25. The van der Waals surface area contributed by atoms with Gasteiger partial charge < -0.3 is 4.74 Å². The van der Waals surface area contributed by atoms with Gasteiger partial charge >= 0.3 is 5.69 Å². The topological polar surface area (TPSA) is 118 Å². The fraction of sp³-hybridized carbons (Fsp3) is 0.417. The lowest BCUT2D eigenvalue weighted by Gasteiger charge is -2.06. The summed E-state index contributed by atoms with van der Waals surface area (Å²) in [5.74, 6) is -0.0904. The summed E-state index contributed by atoms with van der Waals surface area (Å²) in [5.41, 5.74) is 8.13. The lowest BCUT2D eigenvalue weighted by Crippen LogP contribution is -2.03. The highest BCUT2D eigenvalue weighted by molar-refractivity contribution is 5.96. The van der Waals surface area contributed by atoms with E-state index in [0.29, 0.717) is 13.0 Å². The van der Waals surface area contributed by atoms with Crippen molar-refractivity contribution in [3.63, 3.8) is 0 Å². The molecule has 0 unspecified atom stereocenters. The average molecular weight is 278 g/mol. The Balaban J connectivity index is 2.85. The van der Waals surface area contributed by atoms with Gasteiger partial charge in [0, 0.05) is 29.5 Å². The van der Waals surface area contributed by atoms with Crippen LogP contribution in [0, 0.1) is 10.1 Å². The number of hydrogen-bond acceptors (Lipinski definition) is 5. The fourth-order valence-electron chi connectivity index (χ4n) is 1.61. The Morgan fingerprint density at radius 3 is 2.90 bits per heavy atom. The standard InChI is InChI=1S/C12H14N4O4/c1-2-20-12-6-5-9(8-10(12)16(18)19)11(17)4-3-7-14-15-13/h5-6,8H,2-4,7H2,1H3. The molecule has 0 aromatic heterocycles. The van der Waals surface area contributed by atoms with Crippen molar-refractivity contribution in [3.05, 3.63) is 44.3 Å². The summed E-state index contributed by atoms with van der Waals surface area (Å²) >= 11 is 0. The third-order valence-electron chi connectivity index (χ3n) is 2.50. The molecule has 0 saturated heterocycles. The van der Waals surface area contributed by atoms with Gasteiger partial charge in [0.15, 0.2) is 11.5 Å². The van der Waals surface area contributed by atoms with Gasteiger partial charge in [-0.15, -0.1) is 0 Å². The number of hydrogen-bond donors (Lipinski definition) is 0. The van der Waals surface area contributed by atoms with Crippen LogP contribution >= 0.6 is 0 Å². The minimum atomic E-state index is -0.582. The van der Waals surface area contributed by atoms with Crippen LogP contribution in [0.15, 0.2) is 23.3 Å². The number of ketones is 1. The van der Waals surface area contributed by atoms with Crippen LogP contribution in [0.1, 0.15) is 30.1 Å². The maximum absolute atomic E-state index is 11.9. The van der Waals surface area contributed by atoms with E-state index in [1.807, 2.05) is 0 Å². The SMILES string of the molecule is CCOc1ccc(C(=O)CCCN=[N+]=[N-])cc1[N+](=O)[O-]. The molecule has 8 heteroatoms. The zero-order valence-corrected chi connectivity index (χ0v) is 11.0. The quantitative estimate of drug-likeness (QED) is 0.138. The monoisotopic (exact) mass is 278 g/mol. The number of nitro benzene ring substituents is 1. The number of carbonyl (C=O) groups is 1. The van der Waals surface area contributed by atoms with Crippen molar-refractivity contribution in [1.82, 2.24) is 0 Å². The normalized spacial score (nSPS) is 9.65. The molecular weight excluding hydrogens is 264 g/mol. The van der Waals surface area contributed by atoms with Gasteiger partial charge in [0.25, 0.3) is 0 Å². The molecule has 0 amide bonds. The van der Waals surface area contributed by atoms with Crippen LogP contribution in [0.3, 0.4) is 0 Å². The lowest BCUT2D eigenvalue weighted by atomic mass is 10.1. The lowest BCUT2D eigenvalue weighted by molar-refractivity contribution is -0.385. The van der Waals surface area contributed by atoms with Crippen LogP contribution in [0.5, 0.6) is 5.75 Å². The summed E-state index contributed by atoms with van der Waals surface area (Å²) in [7, 11) is 0. The Morgan fingerprint density at radius 1 is 1.55 bits per heavy atom. The minimum Gasteiger partial charge on any atom is -0.487 e. The van der Waals surface area contributed by atoms with Crippen molar-refractivity contribution in [2.45, 2.75) is 19.8 Å². The van der Waals surface area contributed by atoms with Crippen molar-refractivity contribution in [2.75, 3.05) is 13.2 Å². The van der Waals surface area contributed by atoms with Crippen LogP contribution in [-0.2, 0) is 0 Å². The molecule has 0 aliphatic heterocycles. The molecule has 0 spiro atoms. The first-order valence-corrected chi connectivity index (χ1v) is 6.05. The van der Waals surface area contributed by atoms with Gasteiger partial charge in [0.2, 0.25) is 0 Å². The van der Waals surface area contributed by atoms with Crippen LogP contribution < -0.4 is 4.74 Å². The van der Waals surface area contributed by atoms with Gasteiger partial charge in [-0.2, -0.15) is 0 Å². The third-order valence-corrected chi connectivity index (χ3v) is 2.50. The molecule has 1 aromatic rings. The molecule has 1 rings (SSSR count). The van der Waals surface area contributed by atoms with E-state index in [0.717, 1.165) is 0 Å². The summed E-state index contributed by atoms with van der Waals surface area (Å²) in [6.07, 6.45) is 0.577. The highest BCUT2D eigenvalue weighted by atomic mass is 16.6. The maximum atomic E-state index is 11.9. The summed E-state index contributed by atoms with van der Waals surface area (Å²) in [4.78, 5) is 24.8. The molecule has 0 aliphatic carbocycles. The molecule has 0 bridgehead atoms. The average Bonchev–Trinajstić information content (AvgIpc) is 2.44. The van der Waals surface area contributed by atoms with E-state index < -0.39 is 4.92 Å². The molecule has 20 heavy (non-hydrogen) atoms. The number of azide groups is 1. The number of benzene rings is 1. The second kappa shape index (κ2) is 7.75. The molecule has 0 saturated carbocycles. The van der Waals surface area contributed by atoms with Gasteiger partial charge in [0.05, 0.1) is 11.5 Å². The van der Waals surface area contributed by atoms with E-state index in [9.17, 15) is 14.9 Å². The van der Waals surface area contributed by atoms with Crippen LogP contribution in [-0.4, -0.2) is 23.9 Å². The van der Waals surface area contributed by atoms with Crippen molar-refractivity contribution >= 4 is 11.5 Å². The van der Waals surface area contributed by atoms with E-state index in [4.69, 9.17) is 10.3 Å². The molecule has 0 radical (unpaired) electrons. The zero-order chi connectivity index (χ0) is 15.0. The van der Waals surface area contributed by atoms with Crippen molar-refractivity contribution in [3.8, 4) is 5.75 Å². The van der Waals surface area contributed by atoms with Gasteiger partial charge in [-0.25, -0.2) is 0 Å². The van der Waals surface area contributed by atoms with Gasteiger partial charge in [-0.3, -0.25) is 14.9 Å². The minimum absolute atomic E-state index is 0.142. The highest BCUT2D eigenvalue weighted by Crippen LogP contribution is 2.28. The maximum Gasteiger partial charge on any atom is 0.311 e. The van der Waals surface area contributed by atoms with Gasteiger partial charge in [-0.05, 0) is 31.0 Å². The molecule has 106 valence electrons. The molecule has 0 aliphatic rings. The van der Waals surface area contributed by atoms with Crippen molar-refractivity contribution in [2.24, 2.45) is 5.11 Å². The molecule has 8 nitrogen and oxygen atoms in total. The molecule has 0 atom stereocenters. The number of ether oxygens (including phenoxy) is 1. The molecule has 1 aromatic carbocycles. The van der Waals surface area contributed by atoms with Gasteiger partial charge in [-0.1, -0.05) is 5.11 Å². The molecule has 0 fully saturated rings. The molecule has 0 heterocycles.